The molecule has 0 fully saturated rings. The van der Waals surface area contributed by atoms with Gasteiger partial charge < -0.3 is 19.3 Å². The predicted octanol–water partition coefficient (Wildman–Crippen LogP) is 3.97. The summed E-state index contributed by atoms with van der Waals surface area (Å²) in [6, 6.07) is 12.5. The maximum atomic E-state index is 13.3. The standard InChI is InChI=1S/C26H26FN3O3/c1-16-10-21(6-9-24(16)29-12-17(2)28-15-29)25(32)23-11-19(14-31)13-30(26(23)33)18(3)20-4-7-22(27)8-5-20/h4-13,15,18,25,31-32H,14H2,1-3H3/t18-,25?/m0/s1. The average molecular weight is 448 g/mol. The molecule has 0 saturated carbocycles. The van der Waals surface area contributed by atoms with Gasteiger partial charge in [0.2, 0.25) is 0 Å². The Bertz CT molecular complexity index is 1340. The van der Waals surface area contributed by atoms with Gasteiger partial charge in [-0.25, -0.2) is 9.37 Å². The van der Waals surface area contributed by atoms with E-state index >= 15 is 0 Å². The number of imidazole rings is 1. The Morgan fingerprint density at radius 3 is 2.33 bits per heavy atom. The summed E-state index contributed by atoms with van der Waals surface area (Å²) in [5.41, 5.74) is 4.35. The third kappa shape index (κ3) is 4.51. The van der Waals surface area contributed by atoms with Gasteiger partial charge in [0.05, 0.1) is 30.2 Å². The molecule has 2 N–H and O–H groups in total. The van der Waals surface area contributed by atoms with E-state index < -0.39 is 12.1 Å². The number of aryl methyl sites for hydroxylation is 2. The molecule has 7 heteroatoms. The van der Waals surface area contributed by atoms with Crippen molar-refractivity contribution in [3.63, 3.8) is 0 Å². The lowest BCUT2D eigenvalue weighted by Crippen LogP contribution is -2.29. The Hall–Kier alpha value is -3.55. The van der Waals surface area contributed by atoms with Crippen molar-refractivity contribution < 1.29 is 14.6 Å². The van der Waals surface area contributed by atoms with Gasteiger partial charge in [-0.05, 0) is 67.3 Å². The van der Waals surface area contributed by atoms with E-state index in [0.717, 1.165) is 22.5 Å². The SMILES string of the molecule is Cc1cn(-c2ccc(C(O)c3cc(CO)cn([C@@H](C)c4ccc(F)cc4)c3=O)cc2C)cn1. The number of halogens is 1. The number of pyridine rings is 1. The zero-order chi connectivity index (χ0) is 23.7. The predicted molar refractivity (Wildman–Crippen MR) is 124 cm³/mol. The highest BCUT2D eigenvalue weighted by Crippen LogP contribution is 2.26. The summed E-state index contributed by atoms with van der Waals surface area (Å²) in [7, 11) is 0. The second kappa shape index (κ2) is 9.13. The summed E-state index contributed by atoms with van der Waals surface area (Å²) in [6.07, 6.45) is 4.04. The van der Waals surface area contributed by atoms with Gasteiger partial charge in [-0.3, -0.25) is 4.79 Å². The van der Waals surface area contributed by atoms with Crippen LogP contribution in [0, 0.1) is 19.7 Å². The Labute approximate surface area is 191 Å². The molecule has 2 aromatic heterocycles. The molecule has 170 valence electrons. The van der Waals surface area contributed by atoms with Gasteiger partial charge in [-0.15, -0.1) is 0 Å². The van der Waals surface area contributed by atoms with Gasteiger partial charge in [0, 0.05) is 18.1 Å². The number of hydrogen-bond donors (Lipinski definition) is 2. The summed E-state index contributed by atoms with van der Waals surface area (Å²) in [6.45, 7) is 5.38. The quantitative estimate of drug-likeness (QED) is 0.469. The van der Waals surface area contributed by atoms with Crippen molar-refractivity contribution in [3.8, 4) is 5.69 Å². The first kappa shape index (κ1) is 22.6. The van der Waals surface area contributed by atoms with Crippen molar-refractivity contribution in [1.29, 1.82) is 0 Å². The van der Waals surface area contributed by atoms with Crippen LogP contribution in [0.3, 0.4) is 0 Å². The smallest absolute Gasteiger partial charge is 0.257 e. The summed E-state index contributed by atoms with van der Waals surface area (Å²) in [5, 5.41) is 20.9. The van der Waals surface area contributed by atoms with Crippen molar-refractivity contribution in [1.82, 2.24) is 14.1 Å². The maximum absolute atomic E-state index is 13.3. The van der Waals surface area contributed by atoms with E-state index in [1.807, 2.05) is 43.7 Å². The zero-order valence-corrected chi connectivity index (χ0v) is 18.7. The Balaban J connectivity index is 1.74. The van der Waals surface area contributed by atoms with Crippen LogP contribution in [0.5, 0.6) is 0 Å². The largest absolute Gasteiger partial charge is 0.392 e. The Kier molecular flexibility index (Phi) is 6.26. The van der Waals surface area contributed by atoms with Crippen LogP contribution in [0.15, 0.2) is 72.0 Å². The minimum absolute atomic E-state index is 0.168. The summed E-state index contributed by atoms with van der Waals surface area (Å²) < 4.78 is 16.7. The lowest BCUT2D eigenvalue weighted by Gasteiger charge is -2.20. The molecule has 2 atom stereocenters. The van der Waals surface area contributed by atoms with Gasteiger partial charge in [0.15, 0.2) is 0 Å². The number of aliphatic hydroxyl groups excluding tert-OH is 2. The summed E-state index contributed by atoms with van der Waals surface area (Å²) >= 11 is 0. The van der Waals surface area contributed by atoms with Crippen LogP contribution in [0.25, 0.3) is 5.69 Å². The molecular weight excluding hydrogens is 421 g/mol. The van der Waals surface area contributed by atoms with Crippen LogP contribution in [0.1, 0.15) is 52.6 Å². The minimum Gasteiger partial charge on any atom is -0.392 e. The average Bonchev–Trinajstić information content (AvgIpc) is 3.24. The van der Waals surface area contributed by atoms with Crippen LogP contribution in [-0.4, -0.2) is 24.3 Å². The second-order valence-corrected chi connectivity index (χ2v) is 8.27. The molecule has 4 aromatic rings. The molecule has 2 heterocycles. The summed E-state index contributed by atoms with van der Waals surface area (Å²) in [5.74, 6) is -0.358. The van der Waals surface area contributed by atoms with E-state index in [4.69, 9.17) is 0 Å². The van der Waals surface area contributed by atoms with Gasteiger partial charge in [-0.2, -0.15) is 0 Å². The van der Waals surface area contributed by atoms with Crippen molar-refractivity contribution in [2.45, 2.75) is 39.5 Å². The molecule has 33 heavy (non-hydrogen) atoms. The molecule has 0 radical (unpaired) electrons. The number of rotatable bonds is 6. The zero-order valence-electron chi connectivity index (χ0n) is 18.7. The molecular formula is C26H26FN3O3. The number of aromatic nitrogens is 3. The van der Waals surface area contributed by atoms with Crippen LogP contribution < -0.4 is 5.56 Å². The van der Waals surface area contributed by atoms with Gasteiger partial charge in [0.25, 0.3) is 5.56 Å². The third-order valence-electron chi connectivity index (χ3n) is 5.90. The van der Waals surface area contributed by atoms with E-state index in [2.05, 4.69) is 4.98 Å². The molecule has 0 aliphatic rings. The van der Waals surface area contributed by atoms with Gasteiger partial charge in [0.1, 0.15) is 11.9 Å². The fourth-order valence-electron chi connectivity index (χ4n) is 4.03. The van der Waals surface area contributed by atoms with E-state index in [1.54, 1.807) is 30.7 Å². The van der Waals surface area contributed by atoms with Gasteiger partial charge in [-0.1, -0.05) is 24.3 Å². The molecule has 1 unspecified atom stereocenters. The number of aliphatic hydroxyl groups is 2. The highest BCUT2D eigenvalue weighted by Gasteiger charge is 2.20. The number of benzene rings is 2. The molecule has 0 aliphatic heterocycles. The normalized spacial score (nSPS) is 13.2. The first-order valence-corrected chi connectivity index (χ1v) is 10.7. The van der Waals surface area contributed by atoms with Gasteiger partial charge >= 0.3 is 0 Å². The van der Waals surface area contributed by atoms with E-state index in [9.17, 15) is 19.4 Å². The minimum atomic E-state index is -1.17. The molecule has 0 spiro atoms. The van der Waals surface area contributed by atoms with Crippen LogP contribution in [-0.2, 0) is 6.61 Å². The molecule has 0 aliphatic carbocycles. The molecule has 4 rings (SSSR count). The fraction of sp³-hybridized carbons (Fsp3) is 0.231. The molecule has 6 nitrogen and oxygen atoms in total. The fourth-order valence-corrected chi connectivity index (χ4v) is 4.03. The number of hydrogen-bond acceptors (Lipinski definition) is 4. The Morgan fingerprint density at radius 1 is 1.03 bits per heavy atom. The molecule has 0 saturated heterocycles. The highest BCUT2D eigenvalue weighted by molar-refractivity contribution is 5.45. The van der Waals surface area contributed by atoms with Crippen molar-refractivity contribution in [2.75, 3.05) is 0 Å². The topological polar surface area (TPSA) is 80.3 Å². The first-order valence-electron chi connectivity index (χ1n) is 10.7. The third-order valence-corrected chi connectivity index (χ3v) is 5.90. The van der Waals surface area contributed by atoms with Crippen LogP contribution >= 0.6 is 0 Å². The first-order chi connectivity index (χ1) is 15.8. The monoisotopic (exact) mass is 447 g/mol. The lowest BCUT2D eigenvalue weighted by atomic mass is 9.98. The highest BCUT2D eigenvalue weighted by atomic mass is 19.1. The van der Waals surface area contributed by atoms with Crippen LogP contribution in [0.2, 0.25) is 0 Å². The van der Waals surface area contributed by atoms with Crippen molar-refractivity contribution in [3.05, 3.63) is 117 Å². The van der Waals surface area contributed by atoms with E-state index in [-0.39, 0.29) is 23.5 Å². The Morgan fingerprint density at radius 2 is 1.73 bits per heavy atom. The molecule has 2 aromatic carbocycles. The molecule has 0 amide bonds. The van der Waals surface area contributed by atoms with Crippen LogP contribution in [0.4, 0.5) is 4.39 Å². The van der Waals surface area contributed by atoms with Crippen molar-refractivity contribution >= 4 is 0 Å². The van der Waals surface area contributed by atoms with Crippen molar-refractivity contribution in [2.24, 2.45) is 0 Å². The molecule has 0 bridgehead atoms. The summed E-state index contributed by atoms with van der Waals surface area (Å²) in [4.78, 5) is 17.6. The maximum Gasteiger partial charge on any atom is 0.257 e. The second-order valence-electron chi connectivity index (χ2n) is 8.27. The lowest BCUT2D eigenvalue weighted by molar-refractivity contribution is 0.216. The van der Waals surface area contributed by atoms with E-state index in [1.165, 1.54) is 22.8 Å². The van der Waals surface area contributed by atoms with E-state index in [0.29, 0.717) is 11.1 Å². The number of nitrogens with zero attached hydrogens (tertiary/aromatic N) is 3.